The van der Waals surface area contributed by atoms with E-state index < -0.39 is 0 Å². The Morgan fingerprint density at radius 3 is 2.72 bits per heavy atom. The second kappa shape index (κ2) is 6.43. The summed E-state index contributed by atoms with van der Waals surface area (Å²) < 4.78 is 0.817. The fourth-order valence-corrected chi connectivity index (χ4v) is 2.90. The largest absolute Gasteiger partial charge is 0.506 e. The maximum atomic E-state index is 9.73. The summed E-state index contributed by atoms with van der Waals surface area (Å²) in [7, 11) is 0. The van der Waals surface area contributed by atoms with E-state index in [9.17, 15) is 5.11 Å². The van der Waals surface area contributed by atoms with Crippen LogP contribution in [0.3, 0.4) is 0 Å². The summed E-state index contributed by atoms with van der Waals surface area (Å²) in [5.74, 6) is 0.158. The summed E-state index contributed by atoms with van der Waals surface area (Å²) in [6.07, 6.45) is 0.929. The molecule has 2 N–H and O–H groups in total. The third kappa shape index (κ3) is 3.62. The molecule has 0 aliphatic carbocycles. The lowest BCUT2D eigenvalue weighted by molar-refractivity contribution is 0.465. The van der Waals surface area contributed by atoms with Gasteiger partial charge < -0.3 is 10.4 Å². The summed E-state index contributed by atoms with van der Waals surface area (Å²) in [6, 6.07) is 9.30. The van der Waals surface area contributed by atoms with Crippen LogP contribution < -0.4 is 5.32 Å². The number of aromatic hydroxyl groups is 1. The molecule has 0 atom stereocenters. The van der Waals surface area contributed by atoms with Gasteiger partial charge in [-0.05, 0) is 24.6 Å². The maximum absolute atomic E-state index is 9.73. The number of hydrogen-bond donors (Lipinski definition) is 2. The molecule has 2 aromatic rings. The van der Waals surface area contributed by atoms with Gasteiger partial charge in [0, 0.05) is 23.5 Å². The van der Waals surface area contributed by atoms with Gasteiger partial charge in [0.2, 0.25) is 0 Å². The van der Waals surface area contributed by atoms with E-state index in [1.807, 2.05) is 24.3 Å². The minimum atomic E-state index is 0.158. The summed E-state index contributed by atoms with van der Waals surface area (Å²) in [4.78, 5) is 1.25. The van der Waals surface area contributed by atoms with Crippen molar-refractivity contribution in [2.24, 2.45) is 0 Å². The number of rotatable bonds is 5. The van der Waals surface area contributed by atoms with Crippen LogP contribution >= 0.6 is 34.5 Å². The van der Waals surface area contributed by atoms with Gasteiger partial charge in [-0.2, -0.15) is 0 Å². The summed E-state index contributed by atoms with van der Waals surface area (Å²) in [6.45, 7) is 1.44. The third-order valence-electron chi connectivity index (χ3n) is 2.56. The van der Waals surface area contributed by atoms with Crippen molar-refractivity contribution in [3.05, 3.63) is 50.1 Å². The van der Waals surface area contributed by atoms with Crippen LogP contribution in [-0.2, 0) is 13.0 Å². The van der Waals surface area contributed by atoms with Gasteiger partial charge in [0.15, 0.2) is 0 Å². The minimum Gasteiger partial charge on any atom is -0.506 e. The van der Waals surface area contributed by atoms with Crippen molar-refractivity contribution in [3.63, 3.8) is 0 Å². The van der Waals surface area contributed by atoms with Gasteiger partial charge in [0.05, 0.1) is 9.36 Å². The van der Waals surface area contributed by atoms with E-state index in [4.69, 9.17) is 23.2 Å². The van der Waals surface area contributed by atoms with Crippen LogP contribution in [0.1, 0.15) is 10.4 Å². The Kier molecular flexibility index (Phi) is 4.89. The lowest BCUT2D eigenvalue weighted by atomic mass is 10.2. The lowest BCUT2D eigenvalue weighted by Gasteiger charge is -2.07. The molecule has 2 nitrogen and oxygen atoms in total. The highest BCUT2D eigenvalue weighted by Gasteiger charge is 2.04. The number of phenolic OH excluding ortho intramolecular Hbond substituents is 1. The normalized spacial score (nSPS) is 10.8. The van der Waals surface area contributed by atoms with Crippen molar-refractivity contribution in [1.29, 1.82) is 0 Å². The second-order valence-electron chi connectivity index (χ2n) is 3.88. The first-order valence-electron chi connectivity index (χ1n) is 5.58. The Labute approximate surface area is 120 Å². The Balaban J connectivity index is 1.80. The topological polar surface area (TPSA) is 32.3 Å². The van der Waals surface area contributed by atoms with Crippen molar-refractivity contribution < 1.29 is 5.11 Å². The average molecular weight is 302 g/mol. The molecule has 0 saturated heterocycles. The van der Waals surface area contributed by atoms with Gasteiger partial charge >= 0.3 is 0 Å². The molecule has 0 aliphatic heterocycles. The summed E-state index contributed by atoms with van der Waals surface area (Å²) >= 11 is 13.3. The van der Waals surface area contributed by atoms with Crippen molar-refractivity contribution in [2.45, 2.75) is 13.0 Å². The molecule has 1 aromatic heterocycles. The van der Waals surface area contributed by atoms with Crippen molar-refractivity contribution in [2.75, 3.05) is 6.54 Å². The van der Waals surface area contributed by atoms with Gasteiger partial charge in [-0.1, -0.05) is 35.3 Å². The van der Waals surface area contributed by atoms with Gasteiger partial charge in [-0.3, -0.25) is 0 Å². The third-order valence-corrected chi connectivity index (χ3v) is 4.16. The Morgan fingerprint density at radius 1 is 1.17 bits per heavy atom. The molecule has 18 heavy (non-hydrogen) atoms. The molecule has 1 aromatic carbocycles. The molecular weight excluding hydrogens is 289 g/mol. The quantitative estimate of drug-likeness (QED) is 0.815. The Bertz CT molecular complexity index is 527. The van der Waals surface area contributed by atoms with Crippen LogP contribution in [0.15, 0.2) is 30.3 Å². The number of para-hydroxylation sites is 1. The molecule has 0 unspecified atom stereocenters. The van der Waals surface area contributed by atoms with E-state index in [0.717, 1.165) is 22.9 Å². The van der Waals surface area contributed by atoms with Crippen LogP contribution in [0.2, 0.25) is 9.36 Å². The van der Waals surface area contributed by atoms with Gasteiger partial charge in [0.25, 0.3) is 0 Å². The van der Waals surface area contributed by atoms with E-state index in [1.54, 1.807) is 17.4 Å². The molecule has 96 valence electrons. The molecular formula is C13H13Cl2NOS. The van der Waals surface area contributed by atoms with Crippen LogP contribution in [-0.4, -0.2) is 11.7 Å². The predicted molar refractivity (Wildman–Crippen MR) is 77.9 cm³/mol. The highest BCUT2D eigenvalue weighted by atomic mass is 35.5. The SMILES string of the molecule is Oc1c(Cl)cccc1CNCCc1ccc(Cl)s1. The smallest absolute Gasteiger partial charge is 0.138 e. The van der Waals surface area contributed by atoms with Crippen molar-refractivity contribution in [3.8, 4) is 5.75 Å². The molecule has 1 heterocycles. The number of halogens is 2. The van der Waals surface area contributed by atoms with E-state index in [0.29, 0.717) is 11.6 Å². The van der Waals surface area contributed by atoms with E-state index in [-0.39, 0.29) is 5.75 Å². The molecule has 0 bridgehead atoms. The molecule has 0 radical (unpaired) electrons. The highest BCUT2D eigenvalue weighted by molar-refractivity contribution is 7.16. The molecule has 0 fully saturated rings. The fraction of sp³-hybridized carbons (Fsp3) is 0.231. The highest BCUT2D eigenvalue weighted by Crippen LogP contribution is 2.26. The van der Waals surface area contributed by atoms with Crippen LogP contribution in [0, 0.1) is 0 Å². The zero-order valence-electron chi connectivity index (χ0n) is 9.62. The summed E-state index contributed by atoms with van der Waals surface area (Å²) in [5, 5.41) is 13.4. The number of hydrogen-bond acceptors (Lipinski definition) is 3. The number of phenols is 1. The van der Waals surface area contributed by atoms with Crippen LogP contribution in [0.4, 0.5) is 0 Å². The lowest BCUT2D eigenvalue weighted by Crippen LogP contribution is -2.16. The monoisotopic (exact) mass is 301 g/mol. The minimum absolute atomic E-state index is 0.158. The molecule has 5 heteroatoms. The standard InChI is InChI=1S/C13H13Cl2NOS/c14-11-3-1-2-9(13(11)17)8-16-7-6-10-4-5-12(15)18-10/h1-5,16-17H,6-8H2. The first kappa shape index (κ1) is 13.7. The van der Waals surface area contributed by atoms with Gasteiger partial charge in [-0.15, -0.1) is 11.3 Å². The fourth-order valence-electron chi connectivity index (χ4n) is 1.62. The van der Waals surface area contributed by atoms with E-state index in [1.165, 1.54) is 4.88 Å². The van der Waals surface area contributed by atoms with Gasteiger partial charge in [-0.25, -0.2) is 0 Å². The summed E-state index contributed by atoms with van der Waals surface area (Å²) in [5.41, 5.74) is 0.812. The van der Waals surface area contributed by atoms with Crippen LogP contribution in [0.5, 0.6) is 5.75 Å². The molecule has 0 spiro atoms. The Hall–Kier alpha value is -0.740. The number of thiophene rings is 1. The number of nitrogens with one attached hydrogen (secondary N) is 1. The molecule has 0 saturated carbocycles. The first-order valence-corrected chi connectivity index (χ1v) is 7.15. The Morgan fingerprint density at radius 2 is 2.00 bits per heavy atom. The van der Waals surface area contributed by atoms with Crippen molar-refractivity contribution in [1.82, 2.24) is 5.32 Å². The molecule has 0 aliphatic rings. The zero-order valence-corrected chi connectivity index (χ0v) is 11.9. The van der Waals surface area contributed by atoms with E-state index >= 15 is 0 Å². The van der Waals surface area contributed by atoms with Crippen molar-refractivity contribution >= 4 is 34.5 Å². The average Bonchev–Trinajstić information content (AvgIpc) is 2.76. The number of benzene rings is 1. The second-order valence-corrected chi connectivity index (χ2v) is 6.09. The first-order chi connectivity index (χ1) is 8.66. The maximum Gasteiger partial charge on any atom is 0.138 e. The molecule has 2 rings (SSSR count). The van der Waals surface area contributed by atoms with Crippen LogP contribution in [0.25, 0.3) is 0 Å². The predicted octanol–water partition coefficient (Wildman–Crippen LogP) is 4.09. The van der Waals surface area contributed by atoms with E-state index in [2.05, 4.69) is 5.32 Å². The van der Waals surface area contributed by atoms with Gasteiger partial charge in [0.1, 0.15) is 5.75 Å². The molecule has 0 amide bonds. The zero-order chi connectivity index (χ0) is 13.0.